The number of halogens is 1. The zero-order valence-corrected chi connectivity index (χ0v) is 24.0. The van der Waals surface area contributed by atoms with E-state index < -0.39 is 17.8 Å². The van der Waals surface area contributed by atoms with E-state index in [1.807, 2.05) is 0 Å². The molecule has 0 saturated carbocycles. The Kier molecular flexibility index (Phi) is 10.7. The summed E-state index contributed by atoms with van der Waals surface area (Å²) in [6.07, 6.45) is 3.21. The van der Waals surface area contributed by atoms with E-state index in [2.05, 4.69) is 22.1 Å². The van der Waals surface area contributed by atoms with Crippen molar-refractivity contribution in [1.82, 2.24) is 15.2 Å². The van der Waals surface area contributed by atoms with Crippen LogP contribution in [0.25, 0.3) is 0 Å². The second-order valence-electron chi connectivity index (χ2n) is 9.84. The third kappa shape index (κ3) is 8.53. The number of aliphatic hydroxyl groups is 1. The van der Waals surface area contributed by atoms with Gasteiger partial charge in [0.1, 0.15) is 41.4 Å². The van der Waals surface area contributed by atoms with Gasteiger partial charge in [-0.05, 0) is 61.4 Å². The Morgan fingerprint density at radius 2 is 1.91 bits per heavy atom. The molecular weight excluding hydrogens is 555 g/mol. The van der Waals surface area contributed by atoms with Gasteiger partial charge in [0.25, 0.3) is 11.8 Å². The largest absolute Gasteiger partial charge is 0.489 e. The zero-order chi connectivity index (χ0) is 30.8. The molecule has 1 aromatic heterocycles. The fourth-order valence-electron chi connectivity index (χ4n) is 4.36. The highest BCUT2D eigenvalue weighted by Gasteiger charge is 2.31. The van der Waals surface area contributed by atoms with E-state index in [-0.39, 0.29) is 30.7 Å². The third-order valence-corrected chi connectivity index (χ3v) is 6.67. The van der Waals surface area contributed by atoms with Gasteiger partial charge in [-0.3, -0.25) is 19.4 Å². The number of likely N-dealkylation sites (N-methyl/N-ethyl adjacent to an activating group) is 1. The molecule has 2 heterocycles. The molecule has 1 aliphatic heterocycles. The fraction of sp³-hybridized carbons (Fsp3) is 0.312. The molecule has 43 heavy (non-hydrogen) atoms. The van der Waals surface area contributed by atoms with Crippen molar-refractivity contribution in [3.63, 3.8) is 0 Å². The summed E-state index contributed by atoms with van der Waals surface area (Å²) in [5.74, 6) is 6.01. The topological polar surface area (TPSA) is 121 Å². The van der Waals surface area contributed by atoms with Crippen molar-refractivity contribution in [2.24, 2.45) is 0 Å². The maximum Gasteiger partial charge on any atom is 0.270 e. The van der Waals surface area contributed by atoms with Crippen molar-refractivity contribution in [2.75, 3.05) is 38.3 Å². The first kappa shape index (κ1) is 31.0. The van der Waals surface area contributed by atoms with Crippen LogP contribution in [0.2, 0.25) is 0 Å². The zero-order valence-electron chi connectivity index (χ0n) is 24.0. The SMILES string of the molecule is CC(=O)N(CCCO)CCCC#Cc1ccc2c(c1)N(C)C(=O)C(NC(=O)c1cc(Oc3ccc(F)cc3)ccn1)CO2. The lowest BCUT2D eigenvalue weighted by molar-refractivity contribution is -0.129. The normalized spacial score (nSPS) is 14.0. The molecule has 2 N–H and O–H groups in total. The van der Waals surface area contributed by atoms with Gasteiger partial charge in [0.15, 0.2) is 0 Å². The number of benzene rings is 2. The molecule has 1 unspecified atom stereocenters. The summed E-state index contributed by atoms with van der Waals surface area (Å²) >= 11 is 0. The first-order valence-corrected chi connectivity index (χ1v) is 13.8. The van der Waals surface area contributed by atoms with E-state index in [9.17, 15) is 18.8 Å². The van der Waals surface area contributed by atoms with E-state index in [1.54, 1.807) is 36.2 Å². The van der Waals surface area contributed by atoms with Gasteiger partial charge in [0, 0.05) is 57.9 Å². The van der Waals surface area contributed by atoms with Gasteiger partial charge in [-0.1, -0.05) is 11.8 Å². The summed E-state index contributed by atoms with van der Waals surface area (Å²) in [7, 11) is 1.60. The molecule has 10 nitrogen and oxygen atoms in total. The molecule has 1 aliphatic rings. The first-order chi connectivity index (χ1) is 20.7. The molecule has 3 aromatic rings. The van der Waals surface area contributed by atoms with Crippen molar-refractivity contribution < 1.29 is 33.4 Å². The van der Waals surface area contributed by atoms with E-state index >= 15 is 0 Å². The van der Waals surface area contributed by atoms with Crippen LogP contribution in [0.1, 0.15) is 42.2 Å². The van der Waals surface area contributed by atoms with Gasteiger partial charge in [-0.15, -0.1) is 0 Å². The minimum Gasteiger partial charge on any atom is -0.489 e. The summed E-state index contributed by atoms with van der Waals surface area (Å²) in [5.41, 5.74) is 1.25. The van der Waals surface area contributed by atoms with Gasteiger partial charge in [0.2, 0.25) is 5.91 Å². The van der Waals surface area contributed by atoms with Crippen LogP contribution in [0.4, 0.5) is 10.1 Å². The number of anilines is 1. The van der Waals surface area contributed by atoms with Crippen LogP contribution in [0.3, 0.4) is 0 Å². The van der Waals surface area contributed by atoms with E-state index in [1.165, 1.54) is 48.4 Å². The molecule has 224 valence electrons. The highest BCUT2D eigenvalue weighted by atomic mass is 19.1. The van der Waals surface area contributed by atoms with Crippen LogP contribution < -0.4 is 19.7 Å². The van der Waals surface area contributed by atoms with E-state index in [4.69, 9.17) is 14.6 Å². The van der Waals surface area contributed by atoms with Crippen LogP contribution in [0.5, 0.6) is 17.2 Å². The number of hydrogen-bond donors (Lipinski definition) is 2. The third-order valence-electron chi connectivity index (χ3n) is 6.67. The molecule has 0 bridgehead atoms. The quantitative estimate of drug-likeness (QED) is 0.275. The lowest BCUT2D eigenvalue weighted by atomic mass is 10.1. The Morgan fingerprint density at radius 1 is 1.14 bits per heavy atom. The van der Waals surface area contributed by atoms with Crippen LogP contribution in [0, 0.1) is 17.7 Å². The molecule has 11 heteroatoms. The number of carbonyl (C=O) groups is 3. The number of unbranched alkanes of at least 4 members (excludes halogenated alkanes) is 1. The maximum absolute atomic E-state index is 13.3. The first-order valence-electron chi connectivity index (χ1n) is 13.8. The molecular formula is C32H33FN4O6. The number of rotatable bonds is 10. The smallest absolute Gasteiger partial charge is 0.270 e. The minimum absolute atomic E-state index is 0.0324. The van der Waals surface area contributed by atoms with Crippen LogP contribution in [-0.4, -0.2) is 72.1 Å². The van der Waals surface area contributed by atoms with Crippen LogP contribution in [-0.2, 0) is 9.59 Å². The van der Waals surface area contributed by atoms with Gasteiger partial charge >= 0.3 is 0 Å². The summed E-state index contributed by atoms with van der Waals surface area (Å²) < 4.78 is 24.7. The number of pyridine rings is 1. The van der Waals surface area contributed by atoms with Gasteiger partial charge in [0.05, 0.1) is 5.69 Å². The average molecular weight is 589 g/mol. The number of hydrogen-bond acceptors (Lipinski definition) is 7. The van der Waals surface area contributed by atoms with Crippen LogP contribution >= 0.6 is 0 Å². The van der Waals surface area contributed by atoms with Crippen molar-refractivity contribution in [3.05, 3.63) is 77.9 Å². The van der Waals surface area contributed by atoms with Crippen molar-refractivity contribution >= 4 is 23.4 Å². The van der Waals surface area contributed by atoms with Crippen molar-refractivity contribution in [2.45, 2.75) is 32.2 Å². The molecule has 0 radical (unpaired) electrons. The Bertz CT molecular complexity index is 1520. The predicted octanol–water partition coefficient (Wildman–Crippen LogP) is 3.53. The monoisotopic (exact) mass is 588 g/mol. The number of fused-ring (bicyclic) bond motifs is 1. The second-order valence-corrected chi connectivity index (χ2v) is 9.84. The summed E-state index contributed by atoms with van der Waals surface area (Å²) in [6.45, 7) is 2.54. The number of nitrogens with zero attached hydrogens (tertiary/aromatic N) is 3. The van der Waals surface area contributed by atoms with Crippen LogP contribution in [0.15, 0.2) is 60.8 Å². The second kappa shape index (κ2) is 14.8. The minimum atomic E-state index is -0.974. The Morgan fingerprint density at radius 3 is 2.65 bits per heavy atom. The summed E-state index contributed by atoms with van der Waals surface area (Å²) in [5, 5.41) is 11.7. The molecule has 3 amide bonds. The molecule has 4 rings (SSSR count). The molecule has 0 saturated heterocycles. The number of nitrogens with one attached hydrogen (secondary N) is 1. The van der Waals surface area contributed by atoms with Gasteiger partial charge in [-0.2, -0.15) is 0 Å². The predicted molar refractivity (Wildman–Crippen MR) is 157 cm³/mol. The highest BCUT2D eigenvalue weighted by Crippen LogP contribution is 2.31. The molecule has 0 fully saturated rings. The summed E-state index contributed by atoms with van der Waals surface area (Å²) in [4.78, 5) is 45.2. The Balaban J connectivity index is 1.36. The Labute approximate surface area is 249 Å². The lowest BCUT2D eigenvalue weighted by Gasteiger charge is -2.20. The highest BCUT2D eigenvalue weighted by molar-refractivity contribution is 6.03. The van der Waals surface area contributed by atoms with Gasteiger partial charge in [-0.25, -0.2) is 4.39 Å². The molecule has 0 aliphatic carbocycles. The van der Waals surface area contributed by atoms with Crippen molar-refractivity contribution in [1.29, 1.82) is 0 Å². The summed E-state index contributed by atoms with van der Waals surface area (Å²) in [6, 6.07) is 12.8. The number of amides is 3. The Hall–Kier alpha value is -4.95. The molecule has 2 aromatic carbocycles. The lowest BCUT2D eigenvalue weighted by Crippen LogP contribution is -2.49. The van der Waals surface area contributed by atoms with Crippen molar-refractivity contribution in [3.8, 4) is 29.1 Å². The fourth-order valence-corrected chi connectivity index (χ4v) is 4.36. The van der Waals surface area contributed by atoms with E-state index in [0.717, 1.165) is 0 Å². The standard InChI is InChI=1S/C32H33FN4O6/c1-22(39)37(17-6-18-38)16-5-3-4-7-23-8-13-30-29(19-23)36(2)32(41)28(21-42-30)35-31(40)27-20-26(14-15-34-27)43-25-11-9-24(33)10-12-25/h8-15,19-20,28,38H,3,5-6,16-18,21H2,1-2H3,(H,35,40). The number of ether oxygens (including phenoxy) is 2. The molecule has 0 spiro atoms. The maximum atomic E-state index is 13.3. The average Bonchev–Trinajstić information content (AvgIpc) is 3.11. The number of aliphatic hydroxyl groups excluding tert-OH is 1. The van der Waals surface area contributed by atoms with E-state index in [0.29, 0.717) is 60.9 Å². The number of aromatic nitrogens is 1. The van der Waals surface area contributed by atoms with Gasteiger partial charge < -0.3 is 29.7 Å². The number of carbonyl (C=O) groups excluding carboxylic acids is 3. The molecule has 1 atom stereocenters.